The van der Waals surface area contributed by atoms with E-state index in [1.54, 1.807) is 0 Å². The van der Waals surface area contributed by atoms with E-state index in [1.165, 1.54) is 0 Å². The zero-order valence-corrected chi connectivity index (χ0v) is 9.66. The first-order valence-corrected chi connectivity index (χ1v) is 5.80. The van der Waals surface area contributed by atoms with Gasteiger partial charge in [-0.25, -0.2) is 4.79 Å². The summed E-state index contributed by atoms with van der Waals surface area (Å²) in [5.41, 5.74) is -0.186. The van der Waals surface area contributed by atoms with E-state index in [1.807, 2.05) is 6.92 Å². The third-order valence-electron chi connectivity index (χ3n) is 3.00. The van der Waals surface area contributed by atoms with Crippen LogP contribution < -0.4 is 5.32 Å². The molecule has 2 fully saturated rings. The standard InChI is InChI=1S/C11H19NO4/c1-11(7-12-8-11)15-6-10(13)16-9-2-4-14-5-3-9/h9,12H,2-8H2,1H3. The molecular weight excluding hydrogens is 210 g/mol. The van der Waals surface area contributed by atoms with Gasteiger partial charge in [0.05, 0.1) is 18.8 Å². The molecule has 92 valence electrons. The highest BCUT2D eigenvalue weighted by Crippen LogP contribution is 2.16. The number of carbonyl (C=O) groups excluding carboxylic acids is 1. The number of nitrogens with one attached hydrogen (secondary N) is 1. The smallest absolute Gasteiger partial charge is 0.332 e. The van der Waals surface area contributed by atoms with Gasteiger partial charge in [0.15, 0.2) is 0 Å². The fourth-order valence-electron chi connectivity index (χ4n) is 1.83. The second-order valence-corrected chi connectivity index (χ2v) is 4.64. The summed E-state index contributed by atoms with van der Waals surface area (Å²) >= 11 is 0. The Morgan fingerprint density at radius 2 is 2.12 bits per heavy atom. The van der Waals surface area contributed by atoms with E-state index in [9.17, 15) is 4.79 Å². The second-order valence-electron chi connectivity index (χ2n) is 4.64. The number of hydrogen-bond acceptors (Lipinski definition) is 5. The number of hydrogen-bond donors (Lipinski definition) is 1. The van der Waals surface area contributed by atoms with Gasteiger partial charge in [0.1, 0.15) is 12.7 Å². The molecule has 0 bridgehead atoms. The molecule has 0 spiro atoms. The third kappa shape index (κ3) is 3.17. The topological polar surface area (TPSA) is 56.8 Å². The lowest BCUT2D eigenvalue weighted by atomic mass is 10.0. The van der Waals surface area contributed by atoms with E-state index < -0.39 is 0 Å². The number of esters is 1. The van der Waals surface area contributed by atoms with Crippen LogP contribution in [0.3, 0.4) is 0 Å². The van der Waals surface area contributed by atoms with Crippen molar-refractivity contribution < 1.29 is 19.0 Å². The zero-order chi connectivity index (χ0) is 11.4. The van der Waals surface area contributed by atoms with Gasteiger partial charge >= 0.3 is 5.97 Å². The SMILES string of the molecule is CC1(OCC(=O)OC2CCOCC2)CNC1. The van der Waals surface area contributed by atoms with Crippen molar-refractivity contribution in [2.45, 2.75) is 31.5 Å². The van der Waals surface area contributed by atoms with E-state index in [0.717, 1.165) is 25.9 Å². The second kappa shape index (κ2) is 5.12. The van der Waals surface area contributed by atoms with E-state index in [0.29, 0.717) is 13.2 Å². The Morgan fingerprint density at radius 3 is 2.69 bits per heavy atom. The molecule has 0 atom stereocenters. The van der Waals surface area contributed by atoms with Gasteiger partial charge in [-0.2, -0.15) is 0 Å². The molecule has 16 heavy (non-hydrogen) atoms. The average Bonchev–Trinajstić information content (AvgIpc) is 2.25. The Hall–Kier alpha value is -0.650. The Labute approximate surface area is 95.4 Å². The third-order valence-corrected chi connectivity index (χ3v) is 3.00. The molecule has 0 unspecified atom stereocenters. The first-order chi connectivity index (χ1) is 7.68. The van der Waals surface area contributed by atoms with Gasteiger partial charge in [0.2, 0.25) is 0 Å². The summed E-state index contributed by atoms with van der Waals surface area (Å²) in [6, 6.07) is 0. The van der Waals surface area contributed by atoms with E-state index >= 15 is 0 Å². The summed E-state index contributed by atoms with van der Waals surface area (Å²) in [6.07, 6.45) is 1.60. The quantitative estimate of drug-likeness (QED) is 0.692. The molecule has 5 heteroatoms. The summed E-state index contributed by atoms with van der Waals surface area (Å²) in [6.45, 7) is 5.01. The lowest BCUT2D eigenvalue weighted by Gasteiger charge is -2.38. The van der Waals surface area contributed by atoms with Crippen molar-refractivity contribution >= 4 is 5.97 Å². The van der Waals surface area contributed by atoms with Crippen molar-refractivity contribution in [2.24, 2.45) is 0 Å². The average molecular weight is 229 g/mol. The van der Waals surface area contributed by atoms with Crippen LogP contribution >= 0.6 is 0 Å². The molecule has 2 aliphatic rings. The minimum atomic E-state index is -0.264. The van der Waals surface area contributed by atoms with Gasteiger partial charge in [-0.3, -0.25) is 0 Å². The Kier molecular flexibility index (Phi) is 3.78. The predicted molar refractivity (Wildman–Crippen MR) is 57.2 cm³/mol. The van der Waals surface area contributed by atoms with Crippen molar-refractivity contribution in [1.82, 2.24) is 5.32 Å². The highest BCUT2D eigenvalue weighted by atomic mass is 16.6. The summed E-state index contributed by atoms with van der Waals surface area (Å²) in [4.78, 5) is 11.5. The van der Waals surface area contributed by atoms with E-state index in [4.69, 9.17) is 14.2 Å². The normalized spacial score (nSPS) is 24.8. The van der Waals surface area contributed by atoms with E-state index in [-0.39, 0.29) is 24.3 Å². The number of carbonyl (C=O) groups is 1. The molecule has 0 amide bonds. The van der Waals surface area contributed by atoms with Crippen LogP contribution in [0.5, 0.6) is 0 Å². The maximum Gasteiger partial charge on any atom is 0.332 e. The molecule has 2 rings (SSSR count). The maximum absolute atomic E-state index is 11.5. The fourth-order valence-corrected chi connectivity index (χ4v) is 1.83. The van der Waals surface area contributed by atoms with Gasteiger partial charge < -0.3 is 19.5 Å². The minimum absolute atomic E-state index is 0.0113. The maximum atomic E-state index is 11.5. The van der Waals surface area contributed by atoms with Gasteiger partial charge in [-0.1, -0.05) is 0 Å². The number of ether oxygens (including phenoxy) is 3. The molecule has 0 saturated carbocycles. The summed E-state index contributed by atoms with van der Waals surface area (Å²) in [5, 5.41) is 3.11. The zero-order valence-electron chi connectivity index (χ0n) is 9.66. The highest BCUT2D eigenvalue weighted by Gasteiger charge is 2.33. The first kappa shape index (κ1) is 11.8. The van der Waals surface area contributed by atoms with Crippen LogP contribution in [0.15, 0.2) is 0 Å². The van der Waals surface area contributed by atoms with Gasteiger partial charge in [-0.15, -0.1) is 0 Å². The largest absolute Gasteiger partial charge is 0.460 e. The van der Waals surface area contributed by atoms with Gasteiger partial charge in [0.25, 0.3) is 0 Å². The molecule has 2 aliphatic heterocycles. The molecule has 0 aromatic heterocycles. The Bertz CT molecular complexity index is 246. The van der Waals surface area contributed by atoms with Crippen LogP contribution in [0.4, 0.5) is 0 Å². The van der Waals surface area contributed by atoms with E-state index in [2.05, 4.69) is 5.32 Å². The molecule has 2 heterocycles. The number of rotatable bonds is 4. The van der Waals surface area contributed by atoms with Gasteiger partial charge in [-0.05, 0) is 6.92 Å². The van der Waals surface area contributed by atoms with Crippen molar-refractivity contribution in [1.29, 1.82) is 0 Å². The van der Waals surface area contributed by atoms with Crippen LogP contribution in [0.2, 0.25) is 0 Å². The molecule has 0 aromatic carbocycles. The summed E-state index contributed by atoms with van der Waals surface area (Å²) in [5.74, 6) is -0.264. The molecule has 0 radical (unpaired) electrons. The fraction of sp³-hybridized carbons (Fsp3) is 0.909. The Balaban J connectivity index is 1.63. The minimum Gasteiger partial charge on any atom is -0.460 e. The van der Waals surface area contributed by atoms with Crippen LogP contribution in [-0.4, -0.2) is 50.6 Å². The first-order valence-electron chi connectivity index (χ1n) is 5.80. The molecule has 0 aliphatic carbocycles. The summed E-state index contributed by atoms with van der Waals surface area (Å²) in [7, 11) is 0. The van der Waals surface area contributed by atoms with Crippen molar-refractivity contribution in [3.63, 3.8) is 0 Å². The van der Waals surface area contributed by atoms with Crippen molar-refractivity contribution in [3.8, 4) is 0 Å². The lowest BCUT2D eigenvalue weighted by molar-refractivity contribution is -0.167. The molecule has 5 nitrogen and oxygen atoms in total. The van der Waals surface area contributed by atoms with Crippen LogP contribution in [0.1, 0.15) is 19.8 Å². The molecule has 2 saturated heterocycles. The lowest BCUT2D eigenvalue weighted by Crippen LogP contribution is -2.59. The van der Waals surface area contributed by atoms with Gasteiger partial charge in [0, 0.05) is 25.9 Å². The van der Waals surface area contributed by atoms with Crippen LogP contribution in [0, 0.1) is 0 Å². The van der Waals surface area contributed by atoms with Crippen LogP contribution in [0.25, 0.3) is 0 Å². The molecule has 1 N–H and O–H groups in total. The summed E-state index contributed by atoms with van der Waals surface area (Å²) < 4.78 is 16.0. The Morgan fingerprint density at radius 1 is 1.44 bits per heavy atom. The predicted octanol–water partition coefficient (Wildman–Crippen LogP) is 0.0871. The van der Waals surface area contributed by atoms with Crippen LogP contribution in [-0.2, 0) is 19.0 Å². The van der Waals surface area contributed by atoms with Crippen molar-refractivity contribution in [2.75, 3.05) is 32.9 Å². The molecule has 0 aromatic rings. The molecular formula is C11H19NO4. The van der Waals surface area contributed by atoms with Crippen molar-refractivity contribution in [3.05, 3.63) is 0 Å². The monoisotopic (exact) mass is 229 g/mol. The highest BCUT2D eigenvalue weighted by molar-refractivity contribution is 5.71.